The molecule has 1 aromatic heterocycles. The van der Waals surface area contributed by atoms with Crippen molar-refractivity contribution in [3.05, 3.63) is 84.4 Å². The van der Waals surface area contributed by atoms with Crippen molar-refractivity contribution in [3.63, 3.8) is 0 Å². The van der Waals surface area contributed by atoms with Crippen LogP contribution in [0.5, 0.6) is 11.5 Å². The lowest BCUT2D eigenvalue weighted by Gasteiger charge is -2.35. The monoisotopic (exact) mass is 536 g/mol. The summed E-state index contributed by atoms with van der Waals surface area (Å²) >= 11 is 0. The van der Waals surface area contributed by atoms with Gasteiger partial charge in [-0.1, -0.05) is 73.9 Å². The molecule has 1 N–H and O–H groups in total. The van der Waals surface area contributed by atoms with Crippen LogP contribution in [-0.2, 0) is 17.9 Å². The minimum Gasteiger partial charge on any atom is -0.508 e. The summed E-state index contributed by atoms with van der Waals surface area (Å²) in [4.78, 5) is 20.1. The SMILES string of the molecule is O=C(C1CCC1)N(Cc1ccc(OCCn2nc(-c3cccc(O)c3)nc2-c2ccccc2)cc1)C1CCCC1. The summed E-state index contributed by atoms with van der Waals surface area (Å²) in [7, 11) is 0. The van der Waals surface area contributed by atoms with E-state index < -0.39 is 0 Å². The Balaban J connectivity index is 1.12. The Bertz CT molecular complexity index is 1420. The lowest BCUT2D eigenvalue weighted by molar-refractivity contribution is -0.141. The Morgan fingerprint density at radius 3 is 2.35 bits per heavy atom. The molecule has 0 saturated heterocycles. The van der Waals surface area contributed by atoms with Crippen LogP contribution in [0.3, 0.4) is 0 Å². The van der Waals surface area contributed by atoms with Gasteiger partial charge in [0.25, 0.3) is 0 Å². The molecule has 2 aliphatic carbocycles. The first-order valence-electron chi connectivity index (χ1n) is 14.5. The number of benzene rings is 3. The number of phenols is 1. The number of aromatic nitrogens is 3. The molecule has 0 aliphatic heterocycles. The maximum absolute atomic E-state index is 13.2. The molecule has 7 nitrogen and oxygen atoms in total. The highest BCUT2D eigenvalue weighted by Crippen LogP contribution is 2.33. The van der Waals surface area contributed by atoms with Gasteiger partial charge >= 0.3 is 0 Å². The molecule has 0 atom stereocenters. The molecular formula is C33H36N4O3. The zero-order chi connectivity index (χ0) is 27.3. The Labute approximate surface area is 235 Å². The van der Waals surface area contributed by atoms with Gasteiger partial charge in [0, 0.05) is 29.6 Å². The van der Waals surface area contributed by atoms with E-state index in [1.54, 1.807) is 18.2 Å². The quantitative estimate of drug-likeness (QED) is 0.251. The molecule has 4 aromatic rings. The molecule has 7 heteroatoms. The third kappa shape index (κ3) is 5.88. The van der Waals surface area contributed by atoms with Crippen LogP contribution >= 0.6 is 0 Å². The van der Waals surface area contributed by atoms with Crippen molar-refractivity contribution in [1.29, 1.82) is 0 Å². The number of amides is 1. The van der Waals surface area contributed by atoms with Crippen molar-refractivity contribution in [2.75, 3.05) is 6.61 Å². The van der Waals surface area contributed by atoms with E-state index in [9.17, 15) is 9.90 Å². The fourth-order valence-corrected chi connectivity index (χ4v) is 5.70. The van der Waals surface area contributed by atoms with E-state index in [2.05, 4.69) is 17.0 Å². The molecule has 1 heterocycles. The van der Waals surface area contributed by atoms with Crippen LogP contribution < -0.4 is 4.74 Å². The van der Waals surface area contributed by atoms with E-state index in [4.69, 9.17) is 14.8 Å². The molecule has 0 spiro atoms. The molecule has 2 fully saturated rings. The van der Waals surface area contributed by atoms with Crippen LogP contribution in [-0.4, -0.2) is 43.3 Å². The molecule has 0 unspecified atom stereocenters. The van der Waals surface area contributed by atoms with Crippen molar-refractivity contribution in [2.45, 2.75) is 64.1 Å². The topological polar surface area (TPSA) is 80.5 Å². The number of nitrogens with zero attached hydrogens (tertiary/aromatic N) is 4. The Morgan fingerprint density at radius 1 is 0.900 bits per heavy atom. The zero-order valence-electron chi connectivity index (χ0n) is 22.8. The van der Waals surface area contributed by atoms with Gasteiger partial charge in [-0.05, 0) is 55.5 Å². The first kappa shape index (κ1) is 26.1. The molecule has 2 aliphatic rings. The molecule has 3 aromatic carbocycles. The van der Waals surface area contributed by atoms with Gasteiger partial charge in [-0.25, -0.2) is 9.67 Å². The molecule has 2 saturated carbocycles. The molecule has 0 radical (unpaired) electrons. The molecule has 0 bridgehead atoms. The number of rotatable bonds is 10. The molecule has 206 valence electrons. The average molecular weight is 537 g/mol. The summed E-state index contributed by atoms with van der Waals surface area (Å²) in [5.41, 5.74) is 2.87. The Hall–Kier alpha value is -4.13. The zero-order valence-corrected chi connectivity index (χ0v) is 22.8. The van der Waals surface area contributed by atoms with E-state index in [-0.39, 0.29) is 11.7 Å². The maximum Gasteiger partial charge on any atom is 0.226 e. The van der Waals surface area contributed by atoms with E-state index in [1.165, 1.54) is 19.3 Å². The van der Waals surface area contributed by atoms with Gasteiger partial charge in [0.2, 0.25) is 5.91 Å². The summed E-state index contributed by atoms with van der Waals surface area (Å²) < 4.78 is 7.95. The van der Waals surface area contributed by atoms with Gasteiger partial charge in [0.15, 0.2) is 11.6 Å². The van der Waals surface area contributed by atoms with Crippen LogP contribution in [0.15, 0.2) is 78.9 Å². The number of phenolic OH excluding ortho intramolecular Hbond substituents is 1. The fraction of sp³-hybridized carbons (Fsp3) is 0.364. The van der Waals surface area contributed by atoms with Crippen LogP contribution in [0.1, 0.15) is 50.5 Å². The van der Waals surface area contributed by atoms with E-state index >= 15 is 0 Å². The van der Waals surface area contributed by atoms with Crippen molar-refractivity contribution >= 4 is 5.91 Å². The Kier molecular flexibility index (Phi) is 7.80. The minimum absolute atomic E-state index is 0.181. The van der Waals surface area contributed by atoms with Gasteiger partial charge in [-0.3, -0.25) is 4.79 Å². The Morgan fingerprint density at radius 2 is 1.65 bits per heavy atom. The van der Waals surface area contributed by atoms with Gasteiger partial charge in [-0.2, -0.15) is 5.10 Å². The number of carbonyl (C=O) groups excluding carboxylic acids is 1. The predicted octanol–water partition coefficient (Wildman–Crippen LogP) is 6.47. The maximum atomic E-state index is 13.2. The summed E-state index contributed by atoms with van der Waals surface area (Å²) in [5, 5.41) is 14.7. The lowest BCUT2D eigenvalue weighted by atomic mass is 9.84. The predicted molar refractivity (Wildman–Crippen MR) is 155 cm³/mol. The second-order valence-electron chi connectivity index (χ2n) is 10.9. The highest BCUT2D eigenvalue weighted by Gasteiger charge is 2.34. The van der Waals surface area contributed by atoms with Crippen molar-refractivity contribution in [1.82, 2.24) is 19.7 Å². The van der Waals surface area contributed by atoms with Crippen molar-refractivity contribution in [2.24, 2.45) is 5.92 Å². The van der Waals surface area contributed by atoms with Crippen molar-refractivity contribution in [3.8, 4) is 34.3 Å². The van der Waals surface area contributed by atoms with Crippen LogP contribution in [0.4, 0.5) is 0 Å². The number of aromatic hydroxyl groups is 1. The first-order chi connectivity index (χ1) is 19.6. The third-order valence-electron chi connectivity index (χ3n) is 8.16. The highest BCUT2D eigenvalue weighted by molar-refractivity contribution is 5.80. The standard InChI is InChI=1S/C33H36N4O3/c38-29-15-7-12-27(22-29)31-34-32(25-8-2-1-3-9-25)37(35-31)20-21-40-30-18-16-24(17-19-30)23-36(28-13-4-5-14-28)33(39)26-10-6-11-26/h1-3,7-9,12,15-19,22,26,28,38H,4-6,10-11,13-14,20-21,23H2. The normalized spacial score (nSPS) is 15.6. The summed E-state index contributed by atoms with van der Waals surface area (Å²) in [5.74, 6) is 2.86. The van der Waals surface area contributed by atoms with Gasteiger partial charge in [0.1, 0.15) is 18.1 Å². The van der Waals surface area contributed by atoms with Crippen LogP contribution in [0, 0.1) is 5.92 Å². The molecule has 40 heavy (non-hydrogen) atoms. The van der Waals surface area contributed by atoms with Crippen LogP contribution in [0.2, 0.25) is 0 Å². The minimum atomic E-state index is 0.181. The molecule has 1 amide bonds. The van der Waals surface area contributed by atoms with E-state index in [0.29, 0.717) is 37.5 Å². The molecule has 6 rings (SSSR count). The third-order valence-corrected chi connectivity index (χ3v) is 8.16. The largest absolute Gasteiger partial charge is 0.508 e. The second-order valence-corrected chi connectivity index (χ2v) is 10.9. The van der Waals surface area contributed by atoms with E-state index in [1.807, 2.05) is 53.2 Å². The molecular weight excluding hydrogens is 500 g/mol. The van der Waals surface area contributed by atoms with Gasteiger partial charge in [0.05, 0.1) is 6.54 Å². The number of hydrogen-bond acceptors (Lipinski definition) is 5. The van der Waals surface area contributed by atoms with E-state index in [0.717, 1.165) is 53.9 Å². The second kappa shape index (κ2) is 11.9. The number of carbonyl (C=O) groups is 1. The number of hydrogen-bond donors (Lipinski definition) is 1. The van der Waals surface area contributed by atoms with Crippen LogP contribution in [0.25, 0.3) is 22.8 Å². The first-order valence-corrected chi connectivity index (χ1v) is 14.5. The van der Waals surface area contributed by atoms with Crippen molar-refractivity contribution < 1.29 is 14.6 Å². The number of ether oxygens (including phenoxy) is 1. The summed E-state index contributed by atoms with van der Waals surface area (Å²) in [6.45, 7) is 1.62. The highest BCUT2D eigenvalue weighted by atomic mass is 16.5. The smallest absolute Gasteiger partial charge is 0.226 e. The van der Waals surface area contributed by atoms with Gasteiger partial charge < -0.3 is 14.7 Å². The fourth-order valence-electron chi connectivity index (χ4n) is 5.70. The summed E-state index contributed by atoms with van der Waals surface area (Å²) in [6.07, 6.45) is 7.96. The van der Waals surface area contributed by atoms with Gasteiger partial charge in [-0.15, -0.1) is 0 Å². The average Bonchev–Trinajstić information content (AvgIpc) is 3.63. The lowest BCUT2D eigenvalue weighted by Crippen LogP contribution is -2.43. The summed E-state index contributed by atoms with van der Waals surface area (Å²) in [6, 6.07) is 25.5.